The first-order valence-electron chi connectivity index (χ1n) is 7.44. The predicted octanol–water partition coefficient (Wildman–Crippen LogP) is 5.98. The highest BCUT2D eigenvalue weighted by atomic mass is 14.4. The predicted molar refractivity (Wildman–Crippen MR) is 78.2 cm³/mol. The van der Waals surface area contributed by atoms with Gasteiger partial charge in [-0.2, -0.15) is 0 Å². The van der Waals surface area contributed by atoms with Gasteiger partial charge in [-0.15, -0.1) is 0 Å². The summed E-state index contributed by atoms with van der Waals surface area (Å²) in [7, 11) is 0. The fraction of sp³-hybridized carbons (Fsp3) is 0.882. The molecule has 0 heterocycles. The molecule has 100 valence electrons. The summed E-state index contributed by atoms with van der Waals surface area (Å²) in [5.74, 6) is 1.02. The summed E-state index contributed by atoms with van der Waals surface area (Å²) in [5, 5.41) is 0. The van der Waals surface area contributed by atoms with Crippen molar-refractivity contribution in [2.45, 2.75) is 79.6 Å². The van der Waals surface area contributed by atoms with Crippen LogP contribution < -0.4 is 0 Å². The number of hydrogen-bond donors (Lipinski definition) is 0. The van der Waals surface area contributed by atoms with Gasteiger partial charge >= 0.3 is 0 Å². The Balaban J connectivity index is 1.93. The van der Waals surface area contributed by atoms with E-state index < -0.39 is 0 Å². The SMILES string of the molecule is CC(C)(C)CCCC=CCCC1CC(C)(C)C1. The molecular formula is C17H32. The summed E-state index contributed by atoms with van der Waals surface area (Å²) in [4.78, 5) is 0. The van der Waals surface area contributed by atoms with Crippen LogP contribution in [0.1, 0.15) is 79.6 Å². The fourth-order valence-corrected chi connectivity index (χ4v) is 3.03. The van der Waals surface area contributed by atoms with Gasteiger partial charge in [0, 0.05) is 0 Å². The Kier molecular flexibility index (Phi) is 5.28. The quantitative estimate of drug-likeness (QED) is 0.393. The zero-order valence-corrected chi connectivity index (χ0v) is 12.7. The Morgan fingerprint density at radius 1 is 1.06 bits per heavy atom. The van der Waals surface area contributed by atoms with Crippen LogP contribution in [0.4, 0.5) is 0 Å². The molecule has 0 aromatic carbocycles. The molecule has 0 unspecified atom stereocenters. The van der Waals surface area contributed by atoms with Gasteiger partial charge in [0.1, 0.15) is 0 Å². The minimum atomic E-state index is 0.505. The zero-order valence-electron chi connectivity index (χ0n) is 12.7. The lowest BCUT2D eigenvalue weighted by molar-refractivity contribution is 0.0907. The Bertz CT molecular complexity index is 231. The number of allylic oxidation sites excluding steroid dienone is 2. The smallest absolute Gasteiger partial charge is 0.0348 e. The topological polar surface area (TPSA) is 0 Å². The van der Waals surface area contributed by atoms with Crippen molar-refractivity contribution in [3.05, 3.63) is 12.2 Å². The van der Waals surface area contributed by atoms with Crippen molar-refractivity contribution >= 4 is 0 Å². The van der Waals surface area contributed by atoms with E-state index in [2.05, 4.69) is 46.8 Å². The normalized spacial score (nSPS) is 20.8. The van der Waals surface area contributed by atoms with Crippen LogP contribution in [0.5, 0.6) is 0 Å². The molecule has 1 rings (SSSR count). The first-order chi connectivity index (χ1) is 7.79. The molecule has 1 saturated carbocycles. The maximum Gasteiger partial charge on any atom is -0.0348 e. The van der Waals surface area contributed by atoms with E-state index in [9.17, 15) is 0 Å². The maximum absolute atomic E-state index is 2.41. The zero-order chi connectivity index (χ0) is 12.9. The molecule has 1 fully saturated rings. The fourth-order valence-electron chi connectivity index (χ4n) is 3.03. The molecule has 0 spiro atoms. The van der Waals surface area contributed by atoms with Gasteiger partial charge in [-0.25, -0.2) is 0 Å². The molecule has 0 aromatic rings. The Hall–Kier alpha value is -0.260. The van der Waals surface area contributed by atoms with Crippen LogP contribution >= 0.6 is 0 Å². The van der Waals surface area contributed by atoms with Crippen molar-refractivity contribution in [1.82, 2.24) is 0 Å². The summed E-state index contributed by atoms with van der Waals surface area (Å²) < 4.78 is 0. The molecule has 0 nitrogen and oxygen atoms in total. The summed E-state index contributed by atoms with van der Waals surface area (Å²) in [5.41, 5.74) is 1.16. The molecule has 0 saturated heterocycles. The second-order valence-electron chi connectivity index (χ2n) is 7.94. The van der Waals surface area contributed by atoms with Crippen molar-refractivity contribution in [3.8, 4) is 0 Å². The molecule has 1 aliphatic carbocycles. The lowest BCUT2D eigenvalue weighted by atomic mass is 9.63. The van der Waals surface area contributed by atoms with Crippen LogP contribution in [-0.4, -0.2) is 0 Å². The van der Waals surface area contributed by atoms with Gasteiger partial charge in [-0.1, -0.05) is 46.8 Å². The Morgan fingerprint density at radius 2 is 1.65 bits per heavy atom. The second kappa shape index (κ2) is 6.07. The molecule has 0 atom stereocenters. The van der Waals surface area contributed by atoms with E-state index in [0.29, 0.717) is 10.8 Å². The van der Waals surface area contributed by atoms with Crippen molar-refractivity contribution < 1.29 is 0 Å². The van der Waals surface area contributed by atoms with Crippen LogP contribution in [0.15, 0.2) is 12.2 Å². The summed E-state index contributed by atoms with van der Waals surface area (Å²) in [6.45, 7) is 11.8. The highest BCUT2D eigenvalue weighted by molar-refractivity contribution is 4.89. The maximum atomic E-state index is 2.41. The molecule has 0 aliphatic heterocycles. The van der Waals surface area contributed by atoms with Crippen LogP contribution in [0.3, 0.4) is 0 Å². The molecular weight excluding hydrogens is 204 g/mol. The Morgan fingerprint density at radius 3 is 2.18 bits per heavy atom. The first kappa shape index (κ1) is 14.8. The highest BCUT2D eigenvalue weighted by Crippen LogP contribution is 2.46. The number of hydrogen-bond acceptors (Lipinski definition) is 0. The average Bonchev–Trinajstić information content (AvgIpc) is 2.11. The van der Waals surface area contributed by atoms with E-state index in [-0.39, 0.29) is 0 Å². The third kappa shape index (κ3) is 6.91. The van der Waals surface area contributed by atoms with Crippen molar-refractivity contribution in [1.29, 1.82) is 0 Å². The van der Waals surface area contributed by atoms with Crippen LogP contribution in [0.25, 0.3) is 0 Å². The Labute approximate surface area is 109 Å². The summed E-state index contributed by atoms with van der Waals surface area (Å²) >= 11 is 0. The average molecular weight is 236 g/mol. The minimum Gasteiger partial charge on any atom is -0.0885 e. The van der Waals surface area contributed by atoms with E-state index >= 15 is 0 Å². The molecule has 0 N–H and O–H groups in total. The molecule has 0 radical (unpaired) electrons. The third-order valence-electron chi connectivity index (χ3n) is 3.89. The van der Waals surface area contributed by atoms with Crippen LogP contribution in [-0.2, 0) is 0 Å². The number of unbranched alkanes of at least 4 members (excludes halogenated alkanes) is 1. The monoisotopic (exact) mass is 236 g/mol. The third-order valence-corrected chi connectivity index (χ3v) is 3.89. The van der Waals surface area contributed by atoms with Crippen molar-refractivity contribution in [3.63, 3.8) is 0 Å². The molecule has 0 bridgehead atoms. The number of rotatable bonds is 6. The van der Waals surface area contributed by atoms with Gasteiger partial charge in [0.25, 0.3) is 0 Å². The van der Waals surface area contributed by atoms with E-state index in [1.807, 2.05) is 0 Å². The van der Waals surface area contributed by atoms with Gasteiger partial charge in [0.15, 0.2) is 0 Å². The van der Waals surface area contributed by atoms with E-state index in [4.69, 9.17) is 0 Å². The van der Waals surface area contributed by atoms with E-state index in [0.717, 1.165) is 5.92 Å². The first-order valence-corrected chi connectivity index (χ1v) is 7.44. The standard InChI is InChI=1S/C17H32/c1-16(2,3)12-10-8-6-7-9-11-15-13-17(4,5)14-15/h6-7,15H,8-14H2,1-5H3. The van der Waals surface area contributed by atoms with Gasteiger partial charge in [0.05, 0.1) is 0 Å². The lowest BCUT2D eigenvalue weighted by Gasteiger charge is -2.42. The largest absolute Gasteiger partial charge is 0.0885 e. The van der Waals surface area contributed by atoms with E-state index in [1.165, 1.54) is 44.9 Å². The van der Waals surface area contributed by atoms with Gasteiger partial charge in [-0.05, 0) is 61.7 Å². The molecule has 1 aliphatic rings. The van der Waals surface area contributed by atoms with E-state index in [1.54, 1.807) is 0 Å². The van der Waals surface area contributed by atoms with Gasteiger partial charge in [0.2, 0.25) is 0 Å². The second-order valence-corrected chi connectivity index (χ2v) is 7.94. The molecule has 0 amide bonds. The van der Waals surface area contributed by atoms with Crippen molar-refractivity contribution in [2.24, 2.45) is 16.7 Å². The summed E-state index contributed by atoms with van der Waals surface area (Å²) in [6.07, 6.45) is 14.4. The van der Waals surface area contributed by atoms with Crippen LogP contribution in [0, 0.1) is 16.7 Å². The highest BCUT2D eigenvalue weighted by Gasteiger charge is 2.34. The van der Waals surface area contributed by atoms with Gasteiger partial charge in [-0.3, -0.25) is 0 Å². The van der Waals surface area contributed by atoms with Crippen LogP contribution in [0.2, 0.25) is 0 Å². The lowest BCUT2D eigenvalue weighted by Crippen LogP contribution is -2.31. The summed E-state index contributed by atoms with van der Waals surface area (Å²) in [6, 6.07) is 0. The van der Waals surface area contributed by atoms with Gasteiger partial charge < -0.3 is 0 Å². The van der Waals surface area contributed by atoms with Crippen molar-refractivity contribution in [2.75, 3.05) is 0 Å². The minimum absolute atomic E-state index is 0.505. The molecule has 0 aromatic heterocycles. The molecule has 17 heavy (non-hydrogen) atoms. The molecule has 0 heteroatoms.